The zero-order chi connectivity index (χ0) is 15.3. The fraction of sp³-hybridized carbons (Fsp3) is 0.0769. The Morgan fingerprint density at radius 2 is 1.90 bits per heavy atom. The average Bonchev–Trinajstić information content (AvgIpc) is 2.46. The van der Waals surface area contributed by atoms with Crippen molar-refractivity contribution in [2.24, 2.45) is 5.14 Å². The van der Waals surface area contributed by atoms with Crippen LogP contribution in [0.25, 0.3) is 0 Å². The molecule has 8 heteroatoms. The van der Waals surface area contributed by atoms with Gasteiger partial charge in [0.05, 0.1) is 11.9 Å². The number of carbonyl (C=O) groups excluding carboxylic acids is 1. The van der Waals surface area contributed by atoms with E-state index >= 15 is 0 Å². The Labute approximate surface area is 121 Å². The van der Waals surface area contributed by atoms with Crippen LogP contribution in [0.2, 0.25) is 0 Å². The molecule has 0 aliphatic rings. The largest absolute Gasteiger partial charge is 0.444 e. The van der Waals surface area contributed by atoms with Crippen LogP contribution in [0.1, 0.15) is 5.56 Å². The molecule has 3 N–H and O–H groups in total. The van der Waals surface area contributed by atoms with E-state index in [2.05, 4.69) is 10.3 Å². The summed E-state index contributed by atoms with van der Waals surface area (Å²) in [5.41, 5.74) is 1.16. The van der Waals surface area contributed by atoms with Gasteiger partial charge in [0.25, 0.3) is 10.0 Å². The van der Waals surface area contributed by atoms with Crippen molar-refractivity contribution in [2.75, 3.05) is 5.32 Å². The van der Waals surface area contributed by atoms with Crippen LogP contribution in [0.4, 0.5) is 10.5 Å². The number of hydrogen-bond donors (Lipinski definition) is 2. The van der Waals surface area contributed by atoms with Crippen LogP contribution in [-0.4, -0.2) is 19.5 Å². The van der Waals surface area contributed by atoms with Crippen LogP contribution < -0.4 is 10.5 Å². The summed E-state index contributed by atoms with van der Waals surface area (Å²) in [5, 5.41) is 7.08. The van der Waals surface area contributed by atoms with Gasteiger partial charge in [0.15, 0.2) is 5.03 Å². The fourth-order valence-electron chi connectivity index (χ4n) is 1.50. The molecule has 1 aromatic heterocycles. The number of amides is 1. The molecule has 1 aromatic carbocycles. The van der Waals surface area contributed by atoms with Crippen molar-refractivity contribution < 1.29 is 17.9 Å². The van der Waals surface area contributed by atoms with E-state index in [9.17, 15) is 13.2 Å². The molecule has 0 aliphatic carbocycles. The van der Waals surface area contributed by atoms with Gasteiger partial charge in [0.2, 0.25) is 0 Å². The van der Waals surface area contributed by atoms with Crippen LogP contribution in [-0.2, 0) is 21.4 Å². The van der Waals surface area contributed by atoms with E-state index in [1.54, 1.807) is 0 Å². The van der Waals surface area contributed by atoms with Crippen LogP contribution >= 0.6 is 0 Å². The monoisotopic (exact) mass is 307 g/mol. The average molecular weight is 307 g/mol. The van der Waals surface area contributed by atoms with Crippen molar-refractivity contribution in [1.29, 1.82) is 0 Å². The zero-order valence-electron chi connectivity index (χ0n) is 10.9. The van der Waals surface area contributed by atoms with E-state index in [-0.39, 0.29) is 11.6 Å². The lowest BCUT2D eigenvalue weighted by atomic mass is 10.2. The molecule has 7 nitrogen and oxygen atoms in total. The van der Waals surface area contributed by atoms with Gasteiger partial charge in [-0.3, -0.25) is 5.32 Å². The molecule has 0 atom stereocenters. The number of nitrogens with one attached hydrogen (secondary N) is 1. The molecule has 0 bridgehead atoms. The van der Waals surface area contributed by atoms with Gasteiger partial charge >= 0.3 is 6.09 Å². The predicted molar refractivity (Wildman–Crippen MR) is 75.9 cm³/mol. The third-order valence-corrected chi connectivity index (χ3v) is 3.31. The number of nitrogens with two attached hydrogens (primary N) is 1. The lowest BCUT2D eigenvalue weighted by molar-refractivity contribution is 0.155. The molecule has 0 unspecified atom stereocenters. The quantitative estimate of drug-likeness (QED) is 0.888. The molecule has 0 aliphatic heterocycles. The Kier molecular flexibility index (Phi) is 4.51. The fourth-order valence-corrected chi connectivity index (χ4v) is 1.96. The summed E-state index contributed by atoms with van der Waals surface area (Å²) >= 11 is 0. The summed E-state index contributed by atoms with van der Waals surface area (Å²) in [4.78, 5) is 15.2. The SMILES string of the molecule is NS(=O)(=O)c1ccc(NC(=O)OCc2ccccc2)cn1. The van der Waals surface area contributed by atoms with Crippen LogP contribution in [0.15, 0.2) is 53.7 Å². The highest BCUT2D eigenvalue weighted by Gasteiger charge is 2.10. The molecule has 1 heterocycles. The highest BCUT2D eigenvalue weighted by molar-refractivity contribution is 7.89. The first kappa shape index (κ1) is 14.9. The summed E-state index contributed by atoms with van der Waals surface area (Å²) in [6.07, 6.45) is 0.521. The molecular formula is C13H13N3O4S. The number of anilines is 1. The number of hydrogen-bond acceptors (Lipinski definition) is 5. The van der Waals surface area contributed by atoms with E-state index in [1.807, 2.05) is 30.3 Å². The number of rotatable bonds is 4. The molecule has 1 amide bonds. The van der Waals surface area contributed by atoms with Crippen molar-refractivity contribution >= 4 is 21.8 Å². The van der Waals surface area contributed by atoms with E-state index in [0.717, 1.165) is 5.56 Å². The number of primary sulfonamides is 1. The number of nitrogens with zero attached hydrogens (tertiary/aromatic N) is 1. The topological polar surface area (TPSA) is 111 Å². The van der Waals surface area contributed by atoms with Gasteiger partial charge in [-0.25, -0.2) is 23.3 Å². The minimum absolute atomic E-state index is 0.134. The number of carbonyl (C=O) groups is 1. The second-order valence-corrected chi connectivity index (χ2v) is 5.63. The summed E-state index contributed by atoms with van der Waals surface area (Å²) in [5.74, 6) is 0. The van der Waals surface area contributed by atoms with Gasteiger partial charge in [0, 0.05) is 0 Å². The molecule has 0 saturated heterocycles. The predicted octanol–water partition coefficient (Wildman–Crippen LogP) is 1.48. The number of benzene rings is 1. The molecule has 0 spiro atoms. The van der Waals surface area contributed by atoms with Gasteiger partial charge in [-0.2, -0.15) is 0 Å². The summed E-state index contributed by atoms with van der Waals surface area (Å²) in [7, 11) is -3.85. The first-order valence-electron chi connectivity index (χ1n) is 5.92. The van der Waals surface area contributed by atoms with Gasteiger partial charge in [-0.15, -0.1) is 0 Å². The molecule has 21 heavy (non-hydrogen) atoms. The Bertz CT molecular complexity index is 715. The van der Waals surface area contributed by atoms with Crippen LogP contribution in [0.3, 0.4) is 0 Å². The molecular weight excluding hydrogens is 294 g/mol. The maximum atomic E-state index is 11.6. The lowest BCUT2D eigenvalue weighted by Crippen LogP contribution is -2.16. The maximum Gasteiger partial charge on any atom is 0.412 e. The standard InChI is InChI=1S/C13H13N3O4S/c14-21(18,19)12-7-6-11(8-15-12)16-13(17)20-9-10-4-2-1-3-5-10/h1-8H,9H2,(H,16,17)(H2,14,18,19). The Hall–Kier alpha value is -2.45. The minimum Gasteiger partial charge on any atom is -0.444 e. The van der Waals surface area contributed by atoms with Gasteiger partial charge in [-0.05, 0) is 17.7 Å². The summed E-state index contributed by atoms with van der Waals surface area (Å²) in [6.45, 7) is 0.134. The van der Waals surface area contributed by atoms with Crippen molar-refractivity contribution in [3.63, 3.8) is 0 Å². The van der Waals surface area contributed by atoms with E-state index < -0.39 is 16.1 Å². The summed E-state index contributed by atoms with van der Waals surface area (Å²) < 4.78 is 27.1. The highest BCUT2D eigenvalue weighted by Crippen LogP contribution is 2.10. The number of ether oxygens (including phenoxy) is 1. The Morgan fingerprint density at radius 3 is 2.48 bits per heavy atom. The first-order valence-corrected chi connectivity index (χ1v) is 7.46. The lowest BCUT2D eigenvalue weighted by Gasteiger charge is -2.07. The van der Waals surface area contributed by atoms with Crippen molar-refractivity contribution in [3.05, 3.63) is 54.2 Å². The van der Waals surface area contributed by atoms with Crippen LogP contribution in [0.5, 0.6) is 0 Å². The molecule has 0 saturated carbocycles. The third kappa shape index (κ3) is 4.55. The molecule has 2 rings (SSSR count). The van der Waals surface area contributed by atoms with Crippen LogP contribution in [0, 0.1) is 0 Å². The zero-order valence-corrected chi connectivity index (χ0v) is 11.7. The molecule has 0 fully saturated rings. The van der Waals surface area contributed by atoms with Crippen molar-refractivity contribution in [1.82, 2.24) is 4.98 Å². The second-order valence-electron chi connectivity index (χ2n) is 4.12. The van der Waals surface area contributed by atoms with Gasteiger partial charge in [-0.1, -0.05) is 30.3 Å². The highest BCUT2D eigenvalue weighted by atomic mass is 32.2. The van der Waals surface area contributed by atoms with E-state index in [0.29, 0.717) is 5.69 Å². The minimum atomic E-state index is -3.85. The van der Waals surface area contributed by atoms with E-state index in [4.69, 9.17) is 9.88 Å². The van der Waals surface area contributed by atoms with Gasteiger partial charge < -0.3 is 4.74 Å². The van der Waals surface area contributed by atoms with E-state index in [1.165, 1.54) is 18.3 Å². The smallest absolute Gasteiger partial charge is 0.412 e. The maximum absolute atomic E-state index is 11.6. The Morgan fingerprint density at radius 1 is 1.19 bits per heavy atom. The van der Waals surface area contributed by atoms with Crippen molar-refractivity contribution in [3.8, 4) is 0 Å². The molecule has 0 radical (unpaired) electrons. The molecule has 2 aromatic rings. The number of aromatic nitrogens is 1. The molecule has 110 valence electrons. The van der Waals surface area contributed by atoms with Crippen molar-refractivity contribution in [2.45, 2.75) is 11.6 Å². The first-order chi connectivity index (χ1) is 9.95. The van der Waals surface area contributed by atoms with Gasteiger partial charge in [0.1, 0.15) is 6.61 Å². The number of sulfonamides is 1. The summed E-state index contributed by atoms with van der Waals surface area (Å²) in [6, 6.07) is 11.8. The normalized spacial score (nSPS) is 10.9. The second kappa shape index (κ2) is 6.33. The Balaban J connectivity index is 1.91. The number of pyridine rings is 1. The third-order valence-electron chi connectivity index (χ3n) is 2.49.